The first-order valence-electron chi connectivity index (χ1n) is 8.06. The summed E-state index contributed by atoms with van der Waals surface area (Å²) in [6.07, 6.45) is 2.03. The van der Waals surface area contributed by atoms with Gasteiger partial charge in [-0.1, -0.05) is 6.07 Å². The molecule has 3 rings (SSSR count). The van der Waals surface area contributed by atoms with E-state index in [-0.39, 0.29) is 10.8 Å². The van der Waals surface area contributed by atoms with Crippen molar-refractivity contribution in [1.29, 1.82) is 0 Å². The number of hydrogen-bond donors (Lipinski definition) is 1. The van der Waals surface area contributed by atoms with E-state index in [0.29, 0.717) is 17.0 Å². The number of methoxy groups -OCH3 is 1. The third kappa shape index (κ3) is 3.93. The Morgan fingerprint density at radius 1 is 1.08 bits per heavy atom. The lowest BCUT2D eigenvalue weighted by Crippen LogP contribution is -2.27. The smallest absolute Gasteiger partial charge is 0.261 e. The second kappa shape index (κ2) is 7.14. The lowest BCUT2D eigenvalue weighted by atomic mass is 10.2. The molecule has 1 aliphatic heterocycles. The SMILES string of the molecule is COc1cccc(NS(=O)(=O)c2ccc(C(=O)N3CCCC3)cc2)c1. The van der Waals surface area contributed by atoms with Gasteiger partial charge in [0.25, 0.3) is 15.9 Å². The summed E-state index contributed by atoms with van der Waals surface area (Å²) in [4.78, 5) is 14.2. The monoisotopic (exact) mass is 360 g/mol. The molecule has 2 aromatic carbocycles. The predicted molar refractivity (Wildman–Crippen MR) is 95.4 cm³/mol. The molecule has 0 aliphatic carbocycles. The number of hydrogen-bond acceptors (Lipinski definition) is 4. The number of nitrogens with one attached hydrogen (secondary N) is 1. The fraction of sp³-hybridized carbons (Fsp3) is 0.278. The number of sulfonamides is 1. The zero-order valence-electron chi connectivity index (χ0n) is 13.9. The lowest BCUT2D eigenvalue weighted by Gasteiger charge is -2.15. The van der Waals surface area contributed by atoms with Gasteiger partial charge in [-0.15, -0.1) is 0 Å². The molecule has 0 spiro atoms. The van der Waals surface area contributed by atoms with Gasteiger partial charge >= 0.3 is 0 Å². The standard InChI is InChI=1S/C18H20N2O4S/c1-24-16-6-4-5-15(13-16)19-25(22,23)17-9-7-14(8-10-17)18(21)20-11-2-3-12-20/h4-10,13,19H,2-3,11-12H2,1H3. The average molecular weight is 360 g/mol. The number of nitrogens with zero attached hydrogens (tertiary/aromatic N) is 1. The molecule has 0 radical (unpaired) electrons. The third-order valence-corrected chi connectivity index (χ3v) is 5.52. The van der Waals surface area contributed by atoms with Crippen LogP contribution in [0.4, 0.5) is 5.69 Å². The van der Waals surface area contributed by atoms with Gasteiger partial charge in [0.1, 0.15) is 5.75 Å². The molecule has 1 aliphatic rings. The van der Waals surface area contributed by atoms with Gasteiger partial charge in [0, 0.05) is 24.7 Å². The van der Waals surface area contributed by atoms with E-state index in [4.69, 9.17) is 4.74 Å². The molecule has 1 amide bonds. The minimum absolute atomic E-state index is 0.0535. The molecule has 0 aromatic heterocycles. The van der Waals surface area contributed by atoms with Crippen LogP contribution in [0.2, 0.25) is 0 Å². The van der Waals surface area contributed by atoms with Gasteiger partial charge in [0.05, 0.1) is 17.7 Å². The number of likely N-dealkylation sites (tertiary alicyclic amines) is 1. The quantitative estimate of drug-likeness (QED) is 0.890. The Bertz CT molecular complexity index is 857. The van der Waals surface area contributed by atoms with E-state index in [9.17, 15) is 13.2 Å². The zero-order chi connectivity index (χ0) is 17.9. The first-order chi connectivity index (χ1) is 12.0. The highest BCUT2D eigenvalue weighted by atomic mass is 32.2. The van der Waals surface area contributed by atoms with Gasteiger partial charge in [-0.05, 0) is 49.2 Å². The van der Waals surface area contributed by atoms with E-state index in [0.717, 1.165) is 25.9 Å². The first-order valence-corrected chi connectivity index (χ1v) is 9.54. The van der Waals surface area contributed by atoms with Crippen molar-refractivity contribution in [2.45, 2.75) is 17.7 Å². The van der Waals surface area contributed by atoms with Gasteiger partial charge in [-0.25, -0.2) is 8.42 Å². The Hall–Kier alpha value is -2.54. The molecular weight excluding hydrogens is 340 g/mol. The van der Waals surface area contributed by atoms with Crippen LogP contribution in [0.15, 0.2) is 53.4 Å². The topological polar surface area (TPSA) is 75.7 Å². The highest BCUT2D eigenvalue weighted by molar-refractivity contribution is 7.92. The van der Waals surface area contributed by atoms with Crippen molar-refractivity contribution < 1.29 is 17.9 Å². The maximum absolute atomic E-state index is 12.5. The number of carbonyl (C=O) groups is 1. The maximum Gasteiger partial charge on any atom is 0.261 e. The van der Waals surface area contributed by atoms with Gasteiger partial charge in [-0.2, -0.15) is 0 Å². The zero-order valence-corrected chi connectivity index (χ0v) is 14.8. The Labute approximate surface area is 147 Å². The molecular formula is C18H20N2O4S. The molecule has 1 saturated heterocycles. The number of ether oxygens (including phenoxy) is 1. The van der Waals surface area contributed by atoms with E-state index in [2.05, 4.69) is 4.72 Å². The Kier molecular flexibility index (Phi) is 4.94. The minimum atomic E-state index is -3.73. The molecule has 1 heterocycles. The Balaban J connectivity index is 1.77. The second-order valence-electron chi connectivity index (χ2n) is 5.86. The summed E-state index contributed by atoms with van der Waals surface area (Å²) >= 11 is 0. The maximum atomic E-state index is 12.5. The van der Waals surface area contributed by atoms with E-state index in [1.165, 1.54) is 19.2 Å². The van der Waals surface area contributed by atoms with Crippen LogP contribution in [-0.2, 0) is 10.0 Å². The predicted octanol–water partition coefficient (Wildman–Crippen LogP) is 2.73. The van der Waals surface area contributed by atoms with E-state index in [1.54, 1.807) is 41.3 Å². The molecule has 132 valence electrons. The van der Waals surface area contributed by atoms with Crippen LogP contribution in [0.1, 0.15) is 23.2 Å². The van der Waals surface area contributed by atoms with Crippen molar-refractivity contribution in [3.63, 3.8) is 0 Å². The molecule has 0 bridgehead atoms. The highest BCUT2D eigenvalue weighted by Crippen LogP contribution is 2.21. The van der Waals surface area contributed by atoms with Crippen molar-refractivity contribution in [1.82, 2.24) is 4.90 Å². The van der Waals surface area contributed by atoms with Gasteiger partial charge in [0.2, 0.25) is 0 Å². The van der Waals surface area contributed by atoms with Crippen molar-refractivity contribution >= 4 is 21.6 Å². The summed E-state index contributed by atoms with van der Waals surface area (Å²) in [5, 5.41) is 0. The summed E-state index contributed by atoms with van der Waals surface area (Å²) in [5.41, 5.74) is 0.916. The van der Waals surface area contributed by atoms with Crippen LogP contribution in [0.3, 0.4) is 0 Å². The van der Waals surface area contributed by atoms with Crippen LogP contribution < -0.4 is 9.46 Å². The molecule has 2 aromatic rings. The normalized spacial score (nSPS) is 14.4. The van der Waals surface area contributed by atoms with Crippen LogP contribution in [0, 0.1) is 0 Å². The van der Waals surface area contributed by atoms with Crippen molar-refractivity contribution in [3.8, 4) is 5.75 Å². The fourth-order valence-corrected chi connectivity index (χ4v) is 3.83. The first kappa shape index (κ1) is 17.3. The summed E-state index contributed by atoms with van der Waals surface area (Å²) < 4.78 is 32.6. The van der Waals surface area contributed by atoms with Crippen molar-refractivity contribution in [2.75, 3.05) is 24.9 Å². The third-order valence-electron chi connectivity index (χ3n) is 4.13. The van der Waals surface area contributed by atoms with Crippen LogP contribution >= 0.6 is 0 Å². The van der Waals surface area contributed by atoms with Crippen molar-refractivity contribution in [3.05, 3.63) is 54.1 Å². The van der Waals surface area contributed by atoms with Gasteiger partial charge < -0.3 is 9.64 Å². The molecule has 1 fully saturated rings. The lowest BCUT2D eigenvalue weighted by molar-refractivity contribution is 0.0792. The number of benzene rings is 2. The molecule has 25 heavy (non-hydrogen) atoms. The van der Waals surface area contributed by atoms with E-state index >= 15 is 0 Å². The largest absolute Gasteiger partial charge is 0.497 e. The van der Waals surface area contributed by atoms with Gasteiger partial charge in [0.15, 0.2) is 0 Å². The average Bonchev–Trinajstić information content (AvgIpc) is 3.15. The minimum Gasteiger partial charge on any atom is -0.497 e. The van der Waals surface area contributed by atoms with Crippen LogP contribution in [-0.4, -0.2) is 39.4 Å². The molecule has 1 N–H and O–H groups in total. The number of amides is 1. The summed E-state index contributed by atoms with van der Waals surface area (Å²) in [5.74, 6) is 0.508. The molecule has 0 atom stereocenters. The molecule has 0 saturated carbocycles. The summed E-state index contributed by atoms with van der Waals surface area (Å²) in [6.45, 7) is 1.52. The van der Waals surface area contributed by atoms with Crippen LogP contribution in [0.5, 0.6) is 5.75 Å². The van der Waals surface area contributed by atoms with Gasteiger partial charge in [-0.3, -0.25) is 9.52 Å². The number of rotatable bonds is 5. The summed E-state index contributed by atoms with van der Waals surface area (Å²) in [6, 6.07) is 12.7. The van der Waals surface area contributed by atoms with E-state index < -0.39 is 10.0 Å². The molecule has 0 unspecified atom stereocenters. The number of carbonyl (C=O) groups excluding carboxylic acids is 1. The molecule has 6 nitrogen and oxygen atoms in total. The van der Waals surface area contributed by atoms with E-state index in [1.807, 2.05) is 0 Å². The Morgan fingerprint density at radius 2 is 1.76 bits per heavy atom. The second-order valence-corrected chi connectivity index (χ2v) is 7.54. The highest BCUT2D eigenvalue weighted by Gasteiger charge is 2.20. The number of anilines is 1. The Morgan fingerprint density at radius 3 is 2.40 bits per heavy atom. The fourth-order valence-electron chi connectivity index (χ4n) is 2.78. The summed E-state index contributed by atoms with van der Waals surface area (Å²) in [7, 11) is -2.21. The van der Waals surface area contributed by atoms with Crippen LogP contribution in [0.25, 0.3) is 0 Å². The molecule has 7 heteroatoms. The van der Waals surface area contributed by atoms with Crippen molar-refractivity contribution in [2.24, 2.45) is 0 Å².